The lowest BCUT2D eigenvalue weighted by Gasteiger charge is -2.24. The second kappa shape index (κ2) is 10.7. The van der Waals surface area contributed by atoms with Gasteiger partial charge in [0.05, 0.1) is 29.0 Å². The highest BCUT2D eigenvalue weighted by Crippen LogP contribution is 2.41. The molecular weight excluding hydrogens is 472 g/mol. The molecule has 1 aliphatic heterocycles. The molecule has 3 aromatic rings. The number of aromatic nitrogens is 1. The molecule has 2 heterocycles. The lowest BCUT2D eigenvalue weighted by molar-refractivity contribution is -0.132. The van der Waals surface area contributed by atoms with Crippen LogP contribution in [0.15, 0.2) is 78.5 Å². The SMILES string of the molecule is CC(C)OC(=O)c1ccc(N2C(=O)C(=O)/C(=C(/O)c3ccc(OC(C)C)cc3)C2c2ccccn2)cc1. The summed E-state index contributed by atoms with van der Waals surface area (Å²) in [7, 11) is 0. The van der Waals surface area contributed by atoms with E-state index in [1.54, 1.807) is 74.6 Å². The molecule has 1 N–H and O–H groups in total. The monoisotopic (exact) mass is 500 g/mol. The van der Waals surface area contributed by atoms with E-state index in [0.29, 0.717) is 28.3 Å². The smallest absolute Gasteiger partial charge is 0.338 e. The molecule has 8 heteroatoms. The molecule has 4 rings (SSSR count). The highest BCUT2D eigenvalue weighted by molar-refractivity contribution is 6.51. The zero-order valence-corrected chi connectivity index (χ0v) is 21.0. The number of Topliss-reactive ketones (excluding diaryl/α,β-unsaturated/α-hetero) is 1. The predicted octanol–water partition coefficient (Wildman–Crippen LogP) is 5.06. The average molecular weight is 501 g/mol. The zero-order chi connectivity index (χ0) is 26.7. The summed E-state index contributed by atoms with van der Waals surface area (Å²) in [4.78, 5) is 44.4. The van der Waals surface area contributed by atoms with Crippen LogP contribution in [0.25, 0.3) is 5.76 Å². The first-order valence-electron chi connectivity index (χ1n) is 12.0. The molecule has 1 aromatic heterocycles. The molecule has 0 saturated carbocycles. The van der Waals surface area contributed by atoms with Crippen molar-refractivity contribution >= 4 is 29.1 Å². The molecule has 1 unspecified atom stereocenters. The molecule has 0 bridgehead atoms. The maximum atomic E-state index is 13.3. The lowest BCUT2D eigenvalue weighted by atomic mass is 9.98. The number of pyridine rings is 1. The molecule has 8 nitrogen and oxygen atoms in total. The summed E-state index contributed by atoms with van der Waals surface area (Å²) in [6.07, 6.45) is 1.26. The zero-order valence-electron chi connectivity index (χ0n) is 21.0. The van der Waals surface area contributed by atoms with Gasteiger partial charge < -0.3 is 14.6 Å². The van der Waals surface area contributed by atoms with Crippen LogP contribution in [-0.2, 0) is 14.3 Å². The lowest BCUT2D eigenvalue weighted by Crippen LogP contribution is -2.29. The standard InChI is InChI=1S/C29H28N2O6/c1-17(2)36-22-14-10-19(11-15-22)26(32)24-25(23-7-5-6-16-30-23)31(28(34)27(24)33)21-12-8-20(9-13-21)29(35)37-18(3)4/h5-18,25,32H,1-4H3/b26-24+. The van der Waals surface area contributed by atoms with Gasteiger partial charge in [-0.25, -0.2) is 4.79 Å². The number of amides is 1. The first-order chi connectivity index (χ1) is 17.7. The maximum absolute atomic E-state index is 13.3. The van der Waals surface area contributed by atoms with Crippen molar-refractivity contribution in [2.24, 2.45) is 0 Å². The van der Waals surface area contributed by atoms with Gasteiger partial charge >= 0.3 is 5.97 Å². The van der Waals surface area contributed by atoms with Crippen molar-refractivity contribution in [3.63, 3.8) is 0 Å². The first kappa shape index (κ1) is 25.6. The Morgan fingerprint density at radius 1 is 0.892 bits per heavy atom. The quantitative estimate of drug-likeness (QED) is 0.209. The van der Waals surface area contributed by atoms with Gasteiger partial charge in [0.1, 0.15) is 17.6 Å². The van der Waals surface area contributed by atoms with Crippen LogP contribution in [0.5, 0.6) is 5.75 Å². The summed E-state index contributed by atoms with van der Waals surface area (Å²) < 4.78 is 10.9. The number of ether oxygens (including phenoxy) is 2. The third-order valence-electron chi connectivity index (χ3n) is 5.64. The minimum atomic E-state index is -0.971. The largest absolute Gasteiger partial charge is 0.507 e. The summed E-state index contributed by atoms with van der Waals surface area (Å²) in [6, 6.07) is 17.0. The number of aliphatic hydroxyl groups excluding tert-OH is 1. The molecule has 1 amide bonds. The van der Waals surface area contributed by atoms with E-state index in [0.717, 1.165) is 0 Å². The number of esters is 1. The van der Waals surface area contributed by atoms with Crippen molar-refractivity contribution < 1.29 is 29.0 Å². The maximum Gasteiger partial charge on any atom is 0.338 e. The Morgan fingerprint density at radius 3 is 2.11 bits per heavy atom. The number of hydrogen-bond donors (Lipinski definition) is 1. The van der Waals surface area contributed by atoms with Gasteiger partial charge in [-0.05, 0) is 88.4 Å². The Morgan fingerprint density at radius 2 is 1.54 bits per heavy atom. The van der Waals surface area contributed by atoms with Gasteiger partial charge in [0, 0.05) is 17.4 Å². The highest BCUT2D eigenvalue weighted by atomic mass is 16.5. The number of rotatable bonds is 7. The van der Waals surface area contributed by atoms with Crippen molar-refractivity contribution in [1.82, 2.24) is 4.98 Å². The fourth-order valence-corrected chi connectivity index (χ4v) is 4.08. The highest BCUT2D eigenvalue weighted by Gasteiger charge is 2.47. The first-order valence-corrected chi connectivity index (χ1v) is 12.0. The normalized spacial score (nSPS) is 16.9. The van der Waals surface area contributed by atoms with E-state index in [1.807, 2.05) is 13.8 Å². The number of carbonyl (C=O) groups is 3. The Hall–Kier alpha value is -4.46. The molecule has 1 aliphatic rings. The van der Waals surface area contributed by atoms with E-state index in [9.17, 15) is 19.5 Å². The van der Waals surface area contributed by atoms with Gasteiger partial charge in [0.2, 0.25) is 0 Å². The third kappa shape index (κ3) is 5.38. The fourth-order valence-electron chi connectivity index (χ4n) is 4.08. The van der Waals surface area contributed by atoms with Gasteiger partial charge in [-0.2, -0.15) is 0 Å². The van der Waals surface area contributed by atoms with E-state index in [-0.39, 0.29) is 23.5 Å². The van der Waals surface area contributed by atoms with E-state index >= 15 is 0 Å². The number of benzene rings is 2. The van der Waals surface area contributed by atoms with Crippen LogP contribution in [0.1, 0.15) is 55.4 Å². The number of ketones is 1. The van der Waals surface area contributed by atoms with Crippen LogP contribution in [-0.4, -0.2) is 40.0 Å². The molecule has 0 aliphatic carbocycles. The van der Waals surface area contributed by atoms with Crippen LogP contribution < -0.4 is 9.64 Å². The third-order valence-corrected chi connectivity index (χ3v) is 5.64. The average Bonchev–Trinajstić information content (AvgIpc) is 3.14. The van der Waals surface area contributed by atoms with E-state index in [1.165, 1.54) is 17.0 Å². The summed E-state index contributed by atoms with van der Waals surface area (Å²) in [5, 5.41) is 11.2. The van der Waals surface area contributed by atoms with E-state index in [4.69, 9.17) is 9.47 Å². The van der Waals surface area contributed by atoms with Crippen molar-refractivity contribution in [2.45, 2.75) is 45.9 Å². The van der Waals surface area contributed by atoms with Crippen LogP contribution in [0.2, 0.25) is 0 Å². The van der Waals surface area contributed by atoms with Crippen LogP contribution in [0, 0.1) is 0 Å². The van der Waals surface area contributed by atoms with E-state index in [2.05, 4.69) is 4.98 Å². The molecule has 1 fully saturated rings. The van der Waals surface area contributed by atoms with Gasteiger partial charge in [-0.3, -0.25) is 19.5 Å². The van der Waals surface area contributed by atoms with Crippen molar-refractivity contribution in [2.75, 3.05) is 4.90 Å². The molecule has 0 radical (unpaired) electrons. The summed E-state index contributed by atoms with van der Waals surface area (Å²) in [6.45, 7) is 7.32. The number of hydrogen-bond acceptors (Lipinski definition) is 7. The molecule has 37 heavy (non-hydrogen) atoms. The second-order valence-electron chi connectivity index (χ2n) is 9.12. The number of nitrogens with zero attached hydrogens (tertiary/aromatic N) is 2. The molecule has 1 saturated heterocycles. The summed E-state index contributed by atoms with van der Waals surface area (Å²) in [5.74, 6) is -1.84. The number of anilines is 1. The van der Waals surface area contributed by atoms with Gasteiger partial charge in [-0.15, -0.1) is 0 Å². The van der Waals surface area contributed by atoms with Crippen LogP contribution in [0.4, 0.5) is 5.69 Å². The molecular formula is C29H28N2O6. The predicted molar refractivity (Wildman–Crippen MR) is 138 cm³/mol. The minimum Gasteiger partial charge on any atom is -0.507 e. The van der Waals surface area contributed by atoms with Crippen LogP contribution >= 0.6 is 0 Å². The Kier molecular flexibility index (Phi) is 7.38. The second-order valence-corrected chi connectivity index (χ2v) is 9.12. The van der Waals surface area contributed by atoms with E-state index < -0.39 is 23.7 Å². The summed E-state index contributed by atoms with van der Waals surface area (Å²) in [5.41, 5.74) is 1.38. The van der Waals surface area contributed by atoms with Crippen molar-refractivity contribution in [3.8, 4) is 5.75 Å². The fraction of sp³-hybridized carbons (Fsp3) is 0.241. The Labute approximate surface area is 215 Å². The van der Waals surface area contributed by atoms with Crippen molar-refractivity contribution in [3.05, 3.63) is 95.3 Å². The minimum absolute atomic E-state index is 0.0208. The number of aliphatic hydroxyl groups is 1. The Balaban J connectivity index is 1.78. The summed E-state index contributed by atoms with van der Waals surface area (Å²) >= 11 is 0. The van der Waals surface area contributed by atoms with Gasteiger partial charge in [0.15, 0.2) is 0 Å². The van der Waals surface area contributed by atoms with Gasteiger partial charge in [-0.1, -0.05) is 6.07 Å². The molecule has 190 valence electrons. The number of carbonyl (C=O) groups excluding carboxylic acids is 3. The molecule has 1 atom stereocenters. The van der Waals surface area contributed by atoms with Crippen LogP contribution in [0.3, 0.4) is 0 Å². The Bertz CT molecular complexity index is 1330. The molecule has 0 spiro atoms. The topological polar surface area (TPSA) is 106 Å². The van der Waals surface area contributed by atoms with Gasteiger partial charge in [0.25, 0.3) is 11.7 Å². The molecule has 2 aromatic carbocycles. The van der Waals surface area contributed by atoms with Crippen molar-refractivity contribution in [1.29, 1.82) is 0 Å².